The maximum Gasteiger partial charge on any atom is 0.0368 e. The van der Waals surface area contributed by atoms with Crippen LogP contribution in [-0.4, -0.2) is 12.6 Å². The van der Waals surface area contributed by atoms with Crippen LogP contribution in [0.5, 0.6) is 0 Å². The minimum atomic E-state index is 0.729. The molecule has 0 spiro atoms. The van der Waals surface area contributed by atoms with E-state index in [1.54, 1.807) is 0 Å². The number of rotatable bonds is 1. The summed E-state index contributed by atoms with van der Waals surface area (Å²) < 4.78 is 0. The van der Waals surface area contributed by atoms with Crippen molar-refractivity contribution in [3.63, 3.8) is 0 Å². The van der Waals surface area contributed by atoms with Crippen molar-refractivity contribution in [3.05, 3.63) is 30.3 Å². The summed E-state index contributed by atoms with van der Waals surface area (Å²) >= 11 is 0. The molecular formula is C11H15N. The summed E-state index contributed by atoms with van der Waals surface area (Å²) in [6.07, 6.45) is 2.69. The molecule has 1 heteroatoms. The Morgan fingerprint density at radius 3 is 2.58 bits per heavy atom. The molecule has 1 saturated heterocycles. The van der Waals surface area contributed by atoms with Gasteiger partial charge in [-0.25, -0.2) is 0 Å². The Kier molecular flexibility index (Phi) is 2.03. The van der Waals surface area contributed by atoms with Gasteiger partial charge in [-0.3, -0.25) is 0 Å². The van der Waals surface area contributed by atoms with Crippen LogP contribution in [0.25, 0.3) is 0 Å². The number of nitrogens with zero attached hydrogens (tertiary/aromatic N) is 1. The van der Waals surface area contributed by atoms with E-state index < -0.39 is 0 Å². The molecule has 1 heterocycles. The Hall–Kier alpha value is -0.980. The van der Waals surface area contributed by atoms with Crippen molar-refractivity contribution >= 4 is 5.69 Å². The lowest BCUT2D eigenvalue weighted by Gasteiger charge is -2.23. The largest absolute Gasteiger partial charge is 0.369 e. The first-order chi connectivity index (χ1) is 5.88. The Morgan fingerprint density at radius 2 is 2.00 bits per heavy atom. The van der Waals surface area contributed by atoms with E-state index in [0.717, 1.165) is 6.04 Å². The van der Waals surface area contributed by atoms with Crippen LogP contribution in [0.2, 0.25) is 0 Å². The van der Waals surface area contributed by atoms with Gasteiger partial charge < -0.3 is 4.90 Å². The van der Waals surface area contributed by atoms with Gasteiger partial charge in [-0.1, -0.05) is 18.2 Å². The van der Waals surface area contributed by atoms with E-state index in [0.29, 0.717) is 0 Å². The highest BCUT2D eigenvalue weighted by molar-refractivity contribution is 5.47. The van der Waals surface area contributed by atoms with E-state index in [2.05, 4.69) is 42.2 Å². The third kappa shape index (κ3) is 1.31. The highest BCUT2D eigenvalue weighted by Gasteiger charge is 2.19. The van der Waals surface area contributed by atoms with Crippen LogP contribution in [0.15, 0.2) is 30.3 Å². The zero-order chi connectivity index (χ0) is 8.39. The molecule has 1 aliphatic rings. The summed E-state index contributed by atoms with van der Waals surface area (Å²) in [6.45, 7) is 3.53. The lowest BCUT2D eigenvalue weighted by molar-refractivity contribution is 0.735. The van der Waals surface area contributed by atoms with Gasteiger partial charge >= 0.3 is 0 Å². The molecule has 0 aromatic heterocycles. The van der Waals surface area contributed by atoms with Crippen LogP contribution in [0.4, 0.5) is 5.69 Å². The van der Waals surface area contributed by atoms with E-state index in [1.807, 2.05) is 0 Å². The van der Waals surface area contributed by atoms with Crippen molar-refractivity contribution in [2.45, 2.75) is 25.8 Å². The van der Waals surface area contributed by atoms with Crippen LogP contribution >= 0.6 is 0 Å². The second-order valence-corrected chi connectivity index (χ2v) is 3.52. The van der Waals surface area contributed by atoms with Gasteiger partial charge in [0.1, 0.15) is 0 Å². The van der Waals surface area contributed by atoms with Gasteiger partial charge in [0.25, 0.3) is 0 Å². The van der Waals surface area contributed by atoms with Crippen molar-refractivity contribution in [2.75, 3.05) is 11.4 Å². The van der Waals surface area contributed by atoms with Crippen molar-refractivity contribution in [2.24, 2.45) is 0 Å². The first-order valence-electron chi connectivity index (χ1n) is 4.69. The van der Waals surface area contributed by atoms with Crippen LogP contribution in [-0.2, 0) is 0 Å². The number of hydrogen-bond donors (Lipinski definition) is 0. The first kappa shape index (κ1) is 7.66. The molecule has 1 nitrogen and oxygen atoms in total. The molecule has 1 aliphatic heterocycles. The third-order valence-corrected chi connectivity index (χ3v) is 2.64. The van der Waals surface area contributed by atoms with Crippen LogP contribution in [0, 0.1) is 0 Å². The minimum absolute atomic E-state index is 0.729. The summed E-state index contributed by atoms with van der Waals surface area (Å²) in [7, 11) is 0. The molecule has 64 valence electrons. The molecule has 0 N–H and O–H groups in total. The smallest absolute Gasteiger partial charge is 0.0368 e. The molecular weight excluding hydrogens is 146 g/mol. The second-order valence-electron chi connectivity index (χ2n) is 3.52. The van der Waals surface area contributed by atoms with Gasteiger partial charge in [-0.2, -0.15) is 0 Å². The topological polar surface area (TPSA) is 3.24 Å². The zero-order valence-corrected chi connectivity index (χ0v) is 7.53. The highest BCUT2D eigenvalue weighted by atomic mass is 15.2. The molecule has 0 aliphatic carbocycles. The Balaban J connectivity index is 2.19. The third-order valence-electron chi connectivity index (χ3n) is 2.64. The van der Waals surface area contributed by atoms with Crippen LogP contribution in [0.1, 0.15) is 19.8 Å². The molecule has 2 rings (SSSR count). The van der Waals surface area contributed by atoms with E-state index in [4.69, 9.17) is 0 Å². The lowest BCUT2D eigenvalue weighted by atomic mass is 10.2. The highest BCUT2D eigenvalue weighted by Crippen LogP contribution is 2.24. The molecule has 1 fully saturated rings. The summed E-state index contributed by atoms with van der Waals surface area (Å²) in [4.78, 5) is 2.49. The normalized spacial score (nSPS) is 23.1. The molecule has 0 saturated carbocycles. The van der Waals surface area contributed by atoms with Crippen LogP contribution < -0.4 is 4.90 Å². The molecule has 1 aromatic carbocycles. The maximum absolute atomic E-state index is 2.49. The van der Waals surface area contributed by atoms with Crippen molar-refractivity contribution in [3.8, 4) is 0 Å². The van der Waals surface area contributed by atoms with Crippen molar-refractivity contribution < 1.29 is 0 Å². The van der Waals surface area contributed by atoms with Gasteiger partial charge in [-0.05, 0) is 31.9 Å². The molecule has 1 aromatic rings. The molecule has 0 unspecified atom stereocenters. The zero-order valence-electron chi connectivity index (χ0n) is 7.53. The Bertz CT molecular complexity index is 242. The standard InChI is InChI=1S/C11H15N/c1-10-6-5-9-12(10)11-7-3-2-4-8-11/h2-4,7-8,10H,5-6,9H2,1H3/t10-/m0/s1. The number of anilines is 1. The molecule has 0 radical (unpaired) electrons. The number of para-hydroxylation sites is 1. The first-order valence-corrected chi connectivity index (χ1v) is 4.69. The molecule has 0 bridgehead atoms. The fourth-order valence-corrected chi connectivity index (χ4v) is 1.94. The van der Waals surface area contributed by atoms with Crippen LogP contribution in [0.3, 0.4) is 0 Å². The summed E-state index contributed by atoms with van der Waals surface area (Å²) in [5.74, 6) is 0. The number of benzene rings is 1. The maximum atomic E-state index is 2.49. The molecule has 12 heavy (non-hydrogen) atoms. The predicted molar refractivity (Wildman–Crippen MR) is 52.5 cm³/mol. The van der Waals surface area contributed by atoms with Gasteiger partial charge in [0.05, 0.1) is 0 Å². The molecule has 0 amide bonds. The van der Waals surface area contributed by atoms with E-state index in [1.165, 1.54) is 25.1 Å². The predicted octanol–water partition coefficient (Wildman–Crippen LogP) is 2.68. The fourth-order valence-electron chi connectivity index (χ4n) is 1.94. The van der Waals surface area contributed by atoms with E-state index >= 15 is 0 Å². The van der Waals surface area contributed by atoms with Gasteiger partial charge in [0.2, 0.25) is 0 Å². The Morgan fingerprint density at radius 1 is 1.25 bits per heavy atom. The van der Waals surface area contributed by atoms with Crippen molar-refractivity contribution in [1.82, 2.24) is 0 Å². The summed E-state index contributed by atoms with van der Waals surface area (Å²) in [5.41, 5.74) is 1.38. The lowest BCUT2D eigenvalue weighted by Crippen LogP contribution is -2.25. The number of hydrogen-bond acceptors (Lipinski definition) is 1. The van der Waals surface area contributed by atoms with E-state index in [-0.39, 0.29) is 0 Å². The van der Waals surface area contributed by atoms with Gasteiger partial charge in [-0.15, -0.1) is 0 Å². The summed E-state index contributed by atoms with van der Waals surface area (Å²) in [6, 6.07) is 11.4. The Labute approximate surface area is 74.0 Å². The monoisotopic (exact) mass is 161 g/mol. The SMILES string of the molecule is C[C@H]1CCCN1c1ccccc1. The average Bonchev–Trinajstić information content (AvgIpc) is 2.53. The molecule has 1 atom stereocenters. The van der Waals surface area contributed by atoms with Gasteiger partial charge in [0.15, 0.2) is 0 Å². The average molecular weight is 161 g/mol. The second kappa shape index (κ2) is 3.18. The van der Waals surface area contributed by atoms with Gasteiger partial charge in [0, 0.05) is 18.3 Å². The summed E-state index contributed by atoms with van der Waals surface area (Å²) in [5, 5.41) is 0. The van der Waals surface area contributed by atoms with Crippen molar-refractivity contribution in [1.29, 1.82) is 0 Å². The quantitative estimate of drug-likeness (QED) is 0.612. The fraction of sp³-hybridized carbons (Fsp3) is 0.455. The minimum Gasteiger partial charge on any atom is -0.369 e. The van der Waals surface area contributed by atoms with E-state index in [9.17, 15) is 0 Å².